The summed E-state index contributed by atoms with van der Waals surface area (Å²) >= 11 is 25.9. The van der Waals surface area contributed by atoms with Crippen LogP contribution in [0.25, 0.3) is 0 Å². The fourth-order valence-electron chi connectivity index (χ4n) is 2.66. The predicted molar refractivity (Wildman–Crippen MR) is 116 cm³/mol. The van der Waals surface area contributed by atoms with Crippen LogP contribution in [0.15, 0.2) is 48.5 Å². The highest BCUT2D eigenvalue weighted by Gasteiger charge is 2.37. The molecule has 0 aliphatic carbocycles. The summed E-state index contributed by atoms with van der Waals surface area (Å²) in [6, 6.07) is 17.2. The Labute approximate surface area is 171 Å². The number of hydrogen-bond donors (Lipinski definition) is 0. The monoisotopic (exact) mass is 450 g/mol. The zero-order chi connectivity index (χ0) is 18.5. The summed E-state index contributed by atoms with van der Waals surface area (Å²) in [5, 5.41) is 1.54. The molecule has 0 fully saturated rings. The predicted octanol–water partition coefficient (Wildman–Crippen LogP) is 7.42. The van der Waals surface area contributed by atoms with Gasteiger partial charge in [0.25, 0.3) is 15.3 Å². The lowest BCUT2D eigenvalue weighted by Gasteiger charge is -2.30. The molecule has 0 amide bonds. The summed E-state index contributed by atoms with van der Waals surface area (Å²) in [5.74, 6) is 0. The molecule has 0 aliphatic heterocycles. The van der Waals surface area contributed by atoms with Gasteiger partial charge in [0.05, 0.1) is 0 Å². The minimum atomic E-state index is -2.39. The molecule has 0 radical (unpaired) electrons. The Morgan fingerprint density at radius 1 is 0.720 bits per heavy atom. The van der Waals surface area contributed by atoms with Gasteiger partial charge >= 0.3 is 0 Å². The highest BCUT2D eigenvalue weighted by Crippen LogP contribution is 2.31. The van der Waals surface area contributed by atoms with Gasteiger partial charge in [-0.15, -0.1) is 22.2 Å². The first-order valence-electron chi connectivity index (χ1n) is 8.23. The van der Waals surface area contributed by atoms with Crippen LogP contribution in [0.2, 0.25) is 35.2 Å². The second kappa shape index (κ2) is 9.27. The van der Waals surface area contributed by atoms with Crippen molar-refractivity contribution in [3.8, 4) is 0 Å². The Bertz CT molecular complexity index is 647. The van der Waals surface area contributed by atoms with Gasteiger partial charge < -0.3 is 4.12 Å². The van der Waals surface area contributed by atoms with Gasteiger partial charge in [0.2, 0.25) is 0 Å². The van der Waals surface area contributed by atoms with Crippen LogP contribution in [0, 0.1) is 0 Å². The van der Waals surface area contributed by atoms with Crippen LogP contribution in [-0.2, 0) is 17.0 Å². The fraction of sp³-hybridized carbons (Fsp3) is 0.333. The zero-order valence-electron chi connectivity index (χ0n) is 14.4. The largest absolute Gasteiger partial charge is 0.433 e. The Morgan fingerprint density at radius 2 is 1.08 bits per heavy atom. The van der Waals surface area contributed by atoms with Gasteiger partial charge in [-0.3, -0.25) is 0 Å². The third kappa shape index (κ3) is 7.26. The number of halogens is 4. The van der Waals surface area contributed by atoms with Crippen LogP contribution in [-0.4, -0.2) is 15.3 Å². The van der Waals surface area contributed by atoms with Gasteiger partial charge in [-0.25, -0.2) is 0 Å². The maximum Gasteiger partial charge on any atom is 0.278 e. The molecule has 0 aliphatic rings. The van der Waals surface area contributed by atoms with Crippen LogP contribution in [0.3, 0.4) is 0 Å². The van der Waals surface area contributed by atoms with Gasteiger partial charge in [-0.1, -0.05) is 59.6 Å². The van der Waals surface area contributed by atoms with Crippen LogP contribution < -0.4 is 0 Å². The van der Waals surface area contributed by atoms with E-state index in [1.807, 2.05) is 61.6 Å². The molecule has 0 heterocycles. The first-order valence-corrected chi connectivity index (χ1v) is 16.2. The van der Waals surface area contributed by atoms with E-state index >= 15 is 0 Å². The molecule has 2 aromatic rings. The van der Waals surface area contributed by atoms with Crippen molar-refractivity contribution < 1.29 is 4.12 Å². The van der Waals surface area contributed by atoms with Crippen molar-refractivity contribution in [1.82, 2.24) is 0 Å². The Morgan fingerprint density at radius 3 is 1.44 bits per heavy atom. The molecule has 25 heavy (non-hydrogen) atoms. The Kier molecular flexibility index (Phi) is 7.90. The van der Waals surface area contributed by atoms with Gasteiger partial charge in [-0.05, 0) is 61.3 Å². The van der Waals surface area contributed by atoms with E-state index in [0.717, 1.165) is 46.1 Å². The van der Waals surface area contributed by atoms with E-state index in [9.17, 15) is 0 Å². The van der Waals surface area contributed by atoms with Gasteiger partial charge in [0.1, 0.15) is 0 Å². The van der Waals surface area contributed by atoms with Crippen molar-refractivity contribution in [2.45, 2.75) is 38.0 Å². The molecule has 2 rings (SSSR count). The molecule has 0 spiro atoms. The average molecular weight is 452 g/mol. The van der Waals surface area contributed by atoms with Crippen molar-refractivity contribution in [3.63, 3.8) is 0 Å². The van der Waals surface area contributed by atoms with Crippen molar-refractivity contribution in [2.24, 2.45) is 0 Å². The number of benzene rings is 2. The highest BCUT2D eigenvalue weighted by molar-refractivity contribution is 7.25. The molecular formula is C18H22Cl4OSi2. The van der Waals surface area contributed by atoms with Gasteiger partial charge in [-0.2, -0.15) is 0 Å². The maximum atomic E-state index is 6.73. The standard InChI is InChI=1S/C18H22Cl4OSi2/c1-24(21,13-11-15-7-3-5-9-17(15)19)23-25(2,22)14-12-16-8-4-6-10-18(16)20/h3-10H,11-14H2,1-2H3. The molecule has 2 atom stereocenters. The van der Waals surface area contributed by atoms with E-state index in [0.29, 0.717) is 0 Å². The average Bonchev–Trinajstić information content (AvgIpc) is 2.52. The van der Waals surface area contributed by atoms with Gasteiger partial charge in [0.15, 0.2) is 0 Å². The van der Waals surface area contributed by atoms with Crippen molar-refractivity contribution >= 4 is 60.6 Å². The third-order valence-electron chi connectivity index (χ3n) is 4.02. The molecule has 7 heteroatoms. The molecule has 0 bridgehead atoms. The summed E-state index contributed by atoms with van der Waals surface area (Å²) in [4.78, 5) is 0. The van der Waals surface area contributed by atoms with E-state index in [-0.39, 0.29) is 0 Å². The number of rotatable bonds is 8. The summed E-state index contributed by atoms with van der Waals surface area (Å²) in [5.41, 5.74) is 2.20. The van der Waals surface area contributed by atoms with Crippen LogP contribution >= 0.6 is 45.4 Å². The topological polar surface area (TPSA) is 9.23 Å². The first-order chi connectivity index (χ1) is 11.7. The lowest BCUT2D eigenvalue weighted by atomic mass is 10.2. The smallest absolute Gasteiger partial charge is 0.278 e. The van der Waals surface area contributed by atoms with Crippen LogP contribution in [0.1, 0.15) is 11.1 Å². The second-order valence-electron chi connectivity index (χ2n) is 6.49. The van der Waals surface area contributed by atoms with E-state index in [2.05, 4.69) is 0 Å². The Hall–Kier alpha value is -0.00623. The van der Waals surface area contributed by atoms with E-state index in [1.165, 1.54) is 0 Å². The molecule has 0 saturated carbocycles. The number of hydrogen-bond acceptors (Lipinski definition) is 1. The summed E-state index contributed by atoms with van der Waals surface area (Å²) in [7, 11) is -4.77. The minimum Gasteiger partial charge on any atom is -0.433 e. The molecule has 0 N–H and O–H groups in total. The summed E-state index contributed by atoms with van der Waals surface area (Å²) in [6.45, 7) is 4.02. The SMILES string of the molecule is C[Si](Cl)(CCc1ccccc1Cl)O[Si](C)(Cl)CCc1ccccc1Cl. The third-order valence-corrected chi connectivity index (χ3v) is 13.0. The molecule has 2 aromatic carbocycles. The second-order valence-corrected chi connectivity index (χ2v) is 18.3. The van der Waals surface area contributed by atoms with Crippen molar-refractivity contribution in [1.29, 1.82) is 0 Å². The summed E-state index contributed by atoms with van der Waals surface area (Å²) in [6.07, 6.45) is 1.61. The number of aryl methyl sites for hydroxylation is 2. The van der Waals surface area contributed by atoms with Crippen LogP contribution in [0.4, 0.5) is 0 Å². The normalized spacial score (nSPS) is 16.2. The molecule has 0 saturated heterocycles. The maximum absolute atomic E-state index is 6.73. The van der Waals surface area contributed by atoms with E-state index in [1.54, 1.807) is 0 Å². The van der Waals surface area contributed by atoms with Gasteiger partial charge in [0, 0.05) is 10.0 Å². The van der Waals surface area contributed by atoms with E-state index < -0.39 is 15.3 Å². The molecule has 0 aromatic heterocycles. The molecular weight excluding hydrogens is 430 g/mol. The zero-order valence-corrected chi connectivity index (χ0v) is 19.4. The van der Waals surface area contributed by atoms with Crippen LogP contribution in [0.5, 0.6) is 0 Å². The fourth-order valence-corrected chi connectivity index (χ4v) is 12.9. The molecule has 136 valence electrons. The lowest BCUT2D eigenvalue weighted by molar-refractivity contribution is 0.566. The quantitative estimate of drug-likeness (QED) is 0.299. The summed E-state index contributed by atoms with van der Waals surface area (Å²) < 4.78 is 6.27. The molecule has 1 nitrogen and oxygen atoms in total. The first kappa shape index (κ1) is 21.3. The minimum absolute atomic E-state index is 0.772. The molecule has 2 unspecified atom stereocenters. The van der Waals surface area contributed by atoms with Crippen molar-refractivity contribution in [3.05, 3.63) is 69.7 Å². The van der Waals surface area contributed by atoms with Crippen molar-refractivity contribution in [2.75, 3.05) is 0 Å². The lowest BCUT2D eigenvalue weighted by Crippen LogP contribution is -2.41. The van der Waals surface area contributed by atoms with E-state index in [4.69, 9.17) is 49.5 Å². The highest BCUT2D eigenvalue weighted by atomic mass is 35.6. The Balaban J connectivity index is 1.91.